The highest BCUT2D eigenvalue weighted by Crippen LogP contribution is 2.22. The van der Waals surface area contributed by atoms with Crippen LogP contribution in [0.4, 0.5) is 0 Å². The summed E-state index contributed by atoms with van der Waals surface area (Å²) < 4.78 is 27.8. The Balaban J connectivity index is 0.00000144. The first-order chi connectivity index (χ1) is 7.64. The van der Waals surface area contributed by atoms with Gasteiger partial charge in [0.05, 0.1) is 0 Å². The van der Waals surface area contributed by atoms with Crippen LogP contribution in [0.3, 0.4) is 0 Å². The largest absolute Gasteiger partial charge is 0.330 e. The lowest BCUT2D eigenvalue weighted by Gasteiger charge is -2.33. The quantitative estimate of drug-likeness (QED) is 0.816. The van der Waals surface area contributed by atoms with E-state index in [1.165, 1.54) is 0 Å². The monoisotopic (exact) mass is 283 g/mol. The van der Waals surface area contributed by atoms with Crippen molar-refractivity contribution in [3.63, 3.8) is 0 Å². The number of piperidine rings is 1. The van der Waals surface area contributed by atoms with E-state index in [1.807, 2.05) is 0 Å². The van der Waals surface area contributed by atoms with E-state index in [0.29, 0.717) is 38.6 Å². The smallest absolute Gasteiger partial charge is 0.281 e. The number of nitrogens with zero attached hydrogens (tertiary/aromatic N) is 2. The van der Waals surface area contributed by atoms with Crippen molar-refractivity contribution in [1.29, 1.82) is 0 Å². The molecular formula is C10H22ClN3O2S. The van der Waals surface area contributed by atoms with Gasteiger partial charge in [-0.2, -0.15) is 17.0 Å². The highest BCUT2D eigenvalue weighted by molar-refractivity contribution is 7.86. The van der Waals surface area contributed by atoms with Gasteiger partial charge in [-0.15, -0.1) is 12.4 Å². The third-order valence-corrected chi connectivity index (χ3v) is 5.53. The summed E-state index contributed by atoms with van der Waals surface area (Å²) in [5.41, 5.74) is 5.63. The van der Waals surface area contributed by atoms with Crippen LogP contribution in [0.1, 0.15) is 25.7 Å². The van der Waals surface area contributed by atoms with Gasteiger partial charge in [-0.3, -0.25) is 0 Å². The number of nitrogens with two attached hydrogens (primary N) is 1. The molecule has 0 amide bonds. The molecule has 5 nitrogen and oxygen atoms in total. The maximum absolute atomic E-state index is 12.3. The Morgan fingerprint density at radius 3 is 2.24 bits per heavy atom. The first-order valence-corrected chi connectivity index (χ1v) is 7.49. The highest BCUT2D eigenvalue weighted by Gasteiger charge is 2.34. The summed E-state index contributed by atoms with van der Waals surface area (Å²) in [7, 11) is -3.19. The van der Waals surface area contributed by atoms with Crippen LogP contribution in [0, 0.1) is 5.92 Å². The molecule has 0 aromatic heterocycles. The van der Waals surface area contributed by atoms with Crippen LogP contribution in [-0.4, -0.2) is 49.8 Å². The van der Waals surface area contributed by atoms with Crippen molar-refractivity contribution >= 4 is 22.6 Å². The standard InChI is InChI=1S/C10H21N3O2S.ClH/c11-8-10-4-3-7-13(9-10)16(14,15)12-5-1-2-6-12;/h10H,1-9,11H2;1H. The van der Waals surface area contributed by atoms with Crippen LogP contribution in [0.2, 0.25) is 0 Å². The summed E-state index contributed by atoms with van der Waals surface area (Å²) in [4.78, 5) is 0. The van der Waals surface area contributed by atoms with Crippen molar-refractivity contribution in [3.8, 4) is 0 Å². The lowest BCUT2D eigenvalue weighted by atomic mass is 10.0. The van der Waals surface area contributed by atoms with Crippen LogP contribution in [0.25, 0.3) is 0 Å². The molecule has 0 radical (unpaired) electrons. The molecular weight excluding hydrogens is 262 g/mol. The molecule has 2 N–H and O–H groups in total. The van der Waals surface area contributed by atoms with E-state index in [0.717, 1.165) is 25.7 Å². The molecule has 7 heteroatoms. The third-order valence-electron chi connectivity index (χ3n) is 3.53. The van der Waals surface area contributed by atoms with Crippen LogP contribution in [0.15, 0.2) is 0 Å². The first kappa shape index (κ1) is 15.2. The van der Waals surface area contributed by atoms with E-state index in [-0.39, 0.29) is 12.4 Å². The normalized spacial score (nSPS) is 27.9. The Morgan fingerprint density at radius 1 is 1.06 bits per heavy atom. The summed E-state index contributed by atoms with van der Waals surface area (Å²) in [6, 6.07) is 0. The van der Waals surface area contributed by atoms with Crippen molar-refractivity contribution < 1.29 is 8.42 Å². The Labute approximate surface area is 110 Å². The second-order valence-corrected chi connectivity index (χ2v) is 6.64. The number of halogens is 1. The number of hydrogen-bond donors (Lipinski definition) is 1. The Hall–Kier alpha value is 0.120. The molecule has 2 fully saturated rings. The van der Waals surface area contributed by atoms with Crippen LogP contribution in [0.5, 0.6) is 0 Å². The molecule has 0 saturated carbocycles. The average Bonchev–Trinajstić information content (AvgIpc) is 2.83. The van der Waals surface area contributed by atoms with Gasteiger partial charge in [-0.05, 0) is 38.1 Å². The summed E-state index contributed by atoms with van der Waals surface area (Å²) >= 11 is 0. The van der Waals surface area contributed by atoms with Gasteiger partial charge in [0.15, 0.2) is 0 Å². The molecule has 2 aliphatic rings. The predicted octanol–water partition coefficient (Wildman–Crippen LogP) is 0.419. The second-order valence-electron chi connectivity index (χ2n) is 4.72. The minimum absolute atomic E-state index is 0. The molecule has 1 atom stereocenters. The molecule has 2 heterocycles. The van der Waals surface area contributed by atoms with E-state index in [9.17, 15) is 8.42 Å². The molecule has 17 heavy (non-hydrogen) atoms. The Morgan fingerprint density at radius 2 is 1.65 bits per heavy atom. The predicted molar refractivity (Wildman–Crippen MR) is 70.3 cm³/mol. The molecule has 0 bridgehead atoms. The summed E-state index contributed by atoms with van der Waals surface area (Å²) in [6.45, 7) is 3.23. The lowest BCUT2D eigenvalue weighted by molar-refractivity contribution is 0.256. The Bertz CT molecular complexity index is 330. The summed E-state index contributed by atoms with van der Waals surface area (Å²) in [6.07, 6.45) is 3.98. The van der Waals surface area contributed by atoms with Gasteiger partial charge < -0.3 is 5.73 Å². The van der Waals surface area contributed by atoms with E-state index >= 15 is 0 Å². The molecule has 2 saturated heterocycles. The zero-order valence-electron chi connectivity index (χ0n) is 10.0. The van der Waals surface area contributed by atoms with Crippen molar-refractivity contribution in [2.24, 2.45) is 11.7 Å². The fourth-order valence-corrected chi connectivity index (χ4v) is 4.32. The Kier molecular flexibility index (Phi) is 5.66. The SMILES string of the molecule is Cl.NCC1CCCN(S(=O)(=O)N2CCCC2)C1. The van der Waals surface area contributed by atoms with Gasteiger partial charge in [0.25, 0.3) is 10.2 Å². The fraction of sp³-hybridized carbons (Fsp3) is 1.00. The van der Waals surface area contributed by atoms with Crippen LogP contribution < -0.4 is 5.73 Å². The molecule has 2 aliphatic heterocycles. The first-order valence-electron chi connectivity index (χ1n) is 6.10. The molecule has 0 aromatic carbocycles. The van der Waals surface area contributed by atoms with Gasteiger partial charge in [-0.25, -0.2) is 0 Å². The number of rotatable bonds is 3. The fourth-order valence-electron chi connectivity index (χ4n) is 2.51. The average molecular weight is 284 g/mol. The maximum Gasteiger partial charge on any atom is 0.281 e. The molecule has 102 valence electrons. The van der Waals surface area contributed by atoms with Crippen molar-refractivity contribution in [2.45, 2.75) is 25.7 Å². The van der Waals surface area contributed by atoms with Crippen molar-refractivity contribution in [3.05, 3.63) is 0 Å². The van der Waals surface area contributed by atoms with E-state index < -0.39 is 10.2 Å². The zero-order valence-corrected chi connectivity index (χ0v) is 11.7. The maximum atomic E-state index is 12.3. The van der Waals surface area contributed by atoms with Crippen molar-refractivity contribution in [2.75, 3.05) is 32.7 Å². The van der Waals surface area contributed by atoms with E-state index in [2.05, 4.69) is 0 Å². The minimum atomic E-state index is -3.19. The third kappa shape index (κ3) is 3.32. The summed E-state index contributed by atoms with van der Waals surface area (Å²) in [5.74, 6) is 0.339. The lowest BCUT2D eigenvalue weighted by Crippen LogP contribution is -2.48. The van der Waals surface area contributed by atoms with Gasteiger partial charge >= 0.3 is 0 Å². The van der Waals surface area contributed by atoms with Crippen LogP contribution >= 0.6 is 12.4 Å². The van der Waals surface area contributed by atoms with Gasteiger partial charge in [0.1, 0.15) is 0 Å². The summed E-state index contributed by atoms with van der Waals surface area (Å²) in [5, 5.41) is 0. The molecule has 0 spiro atoms. The topological polar surface area (TPSA) is 66.6 Å². The van der Waals surface area contributed by atoms with E-state index in [1.54, 1.807) is 8.61 Å². The van der Waals surface area contributed by atoms with Crippen LogP contribution in [-0.2, 0) is 10.2 Å². The van der Waals surface area contributed by atoms with Crippen molar-refractivity contribution in [1.82, 2.24) is 8.61 Å². The number of hydrogen-bond acceptors (Lipinski definition) is 3. The van der Waals surface area contributed by atoms with Gasteiger partial charge in [0, 0.05) is 26.2 Å². The van der Waals surface area contributed by atoms with Gasteiger partial charge in [0.2, 0.25) is 0 Å². The molecule has 2 rings (SSSR count). The minimum Gasteiger partial charge on any atom is -0.330 e. The van der Waals surface area contributed by atoms with Gasteiger partial charge in [-0.1, -0.05) is 0 Å². The molecule has 0 aliphatic carbocycles. The zero-order chi connectivity index (χ0) is 11.6. The second kappa shape index (κ2) is 6.33. The van der Waals surface area contributed by atoms with E-state index in [4.69, 9.17) is 5.73 Å². The highest BCUT2D eigenvalue weighted by atomic mass is 35.5. The molecule has 1 unspecified atom stereocenters. The molecule has 0 aromatic rings.